The summed E-state index contributed by atoms with van der Waals surface area (Å²) in [5.41, 5.74) is 7.37. The average Bonchev–Trinajstić information content (AvgIpc) is 2.42. The number of nitrogen functional groups attached to an aromatic ring is 1. The van der Waals surface area contributed by atoms with Crippen molar-refractivity contribution in [2.75, 3.05) is 5.73 Å². The molecular formula is C14H12Cl2N2O. The van der Waals surface area contributed by atoms with Gasteiger partial charge in [0.2, 0.25) is 0 Å². The SMILES string of the molecule is Nc1cc(C(=O)NCc2ccccc2)cc(Cl)c1Cl. The zero-order valence-corrected chi connectivity index (χ0v) is 11.5. The van der Waals surface area contributed by atoms with Gasteiger partial charge in [0.15, 0.2) is 0 Å². The van der Waals surface area contributed by atoms with Crippen LogP contribution in [0.2, 0.25) is 10.0 Å². The molecule has 3 nitrogen and oxygen atoms in total. The molecule has 0 radical (unpaired) electrons. The van der Waals surface area contributed by atoms with E-state index in [-0.39, 0.29) is 16.0 Å². The number of rotatable bonds is 3. The summed E-state index contributed by atoms with van der Waals surface area (Å²) in [7, 11) is 0. The fourth-order valence-corrected chi connectivity index (χ4v) is 1.96. The minimum Gasteiger partial charge on any atom is -0.397 e. The number of hydrogen-bond acceptors (Lipinski definition) is 2. The zero-order valence-electron chi connectivity index (χ0n) is 9.99. The lowest BCUT2D eigenvalue weighted by atomic mass is 10.1. The van der Waals surface area contributed by atoms with Crippen LogP contribution in [0.25, 0.3) is 0 Å². The van der Waals surface area contributed by atoms with E-state index in [1.54, 1.807) is 0 Å². The predicted octanol–water partition coefficient (Wildman–Crippen LogP) is 3.51. The van der Waals surface area contributed by atoms with Crippen LogP contribution in [-0.4, -0.2) is 5.91 Å². The Morgan fingerprint density at radius 1 is 1.16 bits per heavy atom. The lowest BCUT2D eigenvalue weighted by Gasteiger charge is -2.08. The maximum Gasteiger partial charge on any atom is 0.251 e. The summed E-state index contributed by atoms with van der Waals surface area (Å²) in [6.45, 7) is 0.444. The third-order valence-electron chi connectivity index (χ3n) is 2.61. The minimum absolute atomic E-state index is 0.242. The molecule has 0 heterocycles. The van der Waals surface area contributed by atoms with E-state index in [4.69, 9.17) is 28.9 Å². The lowest BCUT2D eigenvalue weighted by Crippen LogP contribution is -2.22. The fourth-order valence-electron chi connectivity index (χ4n) is 1.62. The molecule has 19 heavy (non-hydrogen) atoms. The number of anilines is 1. The molecule has 2 aromatic carbocycles. The maximum atomic E-state index is 12.0. The summed E-state index contributed by atoms with van der Waals surface area (Å²) in [5, 5.41) is 3.33. The van der Waals surface area contributed by atoms with Gasteiger partial charge in [0.1, 0.15) is 0 Å². The molecular weight excluding hydrogens is 283 g/mol. The van der Waals surface area contributed by atoms with Crippen molar-refractivity contribution in [3.05, 3.63) is 63.6 Å². The Morgan fingerprint density at radius 2 is 1.84 bits per heavy atom. The van der Waals surface area contributed by atoms with Gasteiger partial charge in [-0.3, -0.25) is 4.79 Å². The van der Waals surface area contributed by atoms with Gasteiger partial charge in [-0.05, 0) is 17.7 Å². The fraction of sp³-hybridized carbons (Fsp3) is 0.0714. The number of hydrogen-bond donors (Lipinski definition) is 2. The molecule has 0 aliphatic rings. The quantitative estimate of drug-likeness (QED) is 0.851. The summed E-state index contributed by atoms with van der Waals surface area (Å²) in [6, 6.07) is 12.6. The first-order valence-corrected chi connectivity index (χ1v) is 6.40. The van der Waals surface area contributed by atoms with Crippen LogP contribution < -0.4 is 11.1 Å². The molecule has 0 spiro atoms. The second-order valence-corrected chi connectivity index (χ2v) is 4.81. The summed E-state index contributed by atoms with van der Waals surface area (Å²) in [4.78, 5) is 12.0. The number of nitrogens with two attached hydrogens (primary N) is 1. The third-order valence-corrected chi connectivity index (χ3v) is 3.43. The molecule has 0 unspecified atom stereocenters. The summed E-state index contributed by atoms with van der Waals surface area (Å²) in [6.07, 6.45) is 0. The monoisotopic (exact) mass is 294 g/mol. The van der Waals surface area contributed by atoms with Crippen molar-refractivity contribution in [1.29, 1.82) is 0 Å². The average molecular weight is 295 g/mol. The molecule has 0 aliphatic carbocycles. The standard InChI is InChI=1S/C14H12Cl2N2O/c15-11-6-10(7-12(17)13(11)16)14(19)18-8-9-4-2-1-3-5-9/h1-7H,8,17H2,(H,18,19). The van der Waals surface area contributed by atoms with E-state index in [1.165, 1.54) is 12.1 Å². The first-order chi connectivity index (χ1) is 9.08. The van der Waals surface area contributed by atoms with Gasteiger partial charge in [-0.2, -0.15) is 0 Å². The van der Waals surface area contributed by atoms with Crippen LogP contribution in [0.4, 0.5) is 5.69 Å². The smallest absolute Gasteiger partial charge is 0.251 e. The van der Waals surface area contributed by atoms with Crippen molar-refractivity contribution in [3.63, 3.8) is 0 Å². The molecule has 0 aromatic heterocycles. The number of nitrogens with one attached hydrogen (secondary N) is 1. The van der Waals surface area contributed by atoms with Crippen molar-refractivity contribution < 1.29 is 4.79 Å². The van der Waals surface area contributed by atoms with Crippen molar-refractivity contribution in [2.24, 2.45) is 0 Å². The Balaban J connectivity index is 2.08. The van der Waals surface area contributed by atoms with Crippen LogP contribution in [0, 0.1) is 0 Å². The van der Waals surface area contributed by atoms with Gasteiger partial charge in [-0.25, -0.2) is 0 Å². The minimum atomic E-state index is -0.242. The normalized spacial score (nSPS) is 10.2. The maximum absolute atomic E-state index is 12.0. The molecule has 2 aromatic rings. The Hall–Kier alpha value is -1.71. The zero-order chi connectivity index (χ0) is 13.8. The van der Waals surface area contributed by atoms with Crippen molar-refractivity contribution >= 4 is 34.8 Å². The van der Waals surface area contributed by atoms with Crippen LogP contribution in [0.15, 0.2) is 42.5 Å². The number of carbonyl (C=O) groups is 1. The Bertz CT molecular complexity index is 577. The Labute approximate surface area is 121 Å². The van der Waals surface area contributed by atoms with Crippen LogP contribution in [0.5, 0.6) is 0 Å². The Morgan fingerprint density at radius 3 is 2.47 bits per heavy atom. The van der Waals surface area contributed by atoms with E-state index in [9.17, 15) is 4.79 Å². The summed E-state index contributed by atoms with van der Waals surface area (Å²) >= 11 is 11.7. The first-order valence-electron chi connectivity index (χ1n) is 5.64. The van der Waals surface area contributed by atoms with Crippen LogP contribution in [0.3, 0.4) is 0 Å². The molecule has 2 rings (SSSR count). The van der Waals surface area contributed by atoms with E-state index in [0.29, 0.717) is 17.8 Å². The highest BCUT2D eigenvalue weighted by molar-refractivity contribution is 6.43. The van der Waals surface area contributed by atoms with E-state index in [1.807, 2.05) is 30.3 Å². The summed E-state index contributed by atoms with van der Waals surface area (Å²) in [5.74, 6) is -0.242. The van der Waals surface area contributed by atoms with Gasteiger partial charge in [0, 0.05) is 12.1 Å². The van der Waals surface area contributed by atoms with E-state index < -0.39 is 0 Å². The van der Waals surface area contributed by atoms with E-state index >= 15 is 0 Å². The highest BCUT2D eigenvalue weighted by Crippen LogP contribution is 2.29. The van der Waals surface area contributed by atoms with Crippen molar-refractivity contribution in [3.8, 4) is 0 Å². The second-order valence-electron chi connectivity index (χ2n) is 4.03. The van der Waals surface area contributed by atoms with Crippen molar-refractivity contribution in [1.82, 2.24) is 5.32 Å². The topological polar surface area (TPSA) is 55.1 Å². The first kappa shape index (κ1) is 13.7. The molecule has 1 amide bonds. The van der Waals surface area contributed by atoms with Gasteiger partial charge >= 0.3 is 0 Å². The molecule has 0 saturated carbocycles. The van der Waals surface area contributed by atoms with Crippen LogP contribution in [-0.2, 0) is 6.54 Å². The molecule has 0 fully saturated rings. The Kier molecular flexibility index (Phi) is 4.30. The molecule has 3 N–H and O–H groups in total. The number of amides is 1. The van der Waals surface area contributed by atoms with E-state index in [2.05, 4.69) is 5.32 Å². The predicted molar refractivity (Wildman–Crippen MR) is 78.5 cm³/mol. The highest BCUT2D eigenvalue weighted by atomic mass is 35.5. The number of carbonyl (C=O) groups excluding carboxylic acids is 1. The molecule has 0 aliphatic heterocycles. The molecule has 5 heteroatoms. The van der Waals surface area contributed by atoms with Gasteiger partial charge in [-0.15, -0.1) is 0 Å². The number of benzene rings is 2. The molecule has 0 atom stereocenters. The number of halogens is 2. The third kappa shape index (κ3) is 3.40. The van der Waals surface area contributed by atoms with Crippen molar-refractivity contribution in [2.45, 2.75) is 6.54 Å². The van der Waals surface area contributed by atoms with Gasteiger partial charge in [-0.1, -0.05) is 53.5 Å². The van der Waals surface area contributed by atoms with Crippen LogP contribution >= 0.6 is 23.2 Å². The molecule has 98 valence electrons. The van der Waals surface area contributed by atoms with E-state index in [0.717, 1.165) is 5.56 Å². The van der Waals surface area contributed by atoms with Gasteiger partial charge in [0.25, 0.3) is 5.91 Å². The van der Waals surface area contributed by atoms with Crippen LogP contribution in [0.1, 0.15) is 15.9 Å². The largest absolute Gasteiger partial charge is 0.397 e. The van der Waals surface area contributed by atoms with Gasteiger partial charge < -0.3 is 11.1 Å². The lowest BCUT2D eigenvalue weighted by molar-refractivity contribution is 0.0951. The highest BCUT2D eigenvalue weighted by Gasteiger charge is 2.10. The molecule has 0 bridgehead atoms. The molecule has 0 saturated heterocycles. The second kappa shape index (κ2) is 5.95. The van der Waals surface area contributed by atoms with Gasteiger partial charge in [0.05, 0.1) is 15.7 Å². The summed E-state index contributed by atoms with van der Waals surface area (Å²) < 4.78 is 0.